The van der Waals surface area contributed by atoms with Crippen LogP contribution in [-0.2, 0) is 0 Å². The maximum Gasteiger partial charge on any atom is 0.522 e. The van der Waals surface area contributed by atoms with E-state index in [1.54, 1.807) is 0 Å². The SMILES string of the molecule is [N]=NC(F)(F)F. The Bertz CT molecular complexity index is 54.3. The van der Waals surface area contributed by atoms with Crippen LogP contribution >= 0.6 is 0 Å². The lowest BCUT2D eigenvalue weighted by atomic mass is 11.2. The topological polar surface area (TPSA) is 34.7 Å². The van der Waals surface area contributed by atoms with E-state index >= 15 is 0 Å². The molecule has 0 spiro atoms. The van der Waals surface area contributed by atoms with E-state index in [1.807, 2.05) is 0 Å². The molecule has 0 saturated carbocycles. The van der Waals surface area contributed by atoms with Crippen molar-refractivity contribution in [1.82, 2.24) is 5.53 Å². The minimum atomic E-state index is -4.78. The Kier molecular flexibility index (Phi) is 1.11. The van der Waals surface area contributed by atoms with Gasteiger partial charge >= 0.3 is 6.30 Å². The second kappa shape index (κ2) is 1.24. The summed E-state index contributed by atoms with van der Waals surface area (Å²) >= 11 is 0. The Morgan fingerprint density at radius 1 is 1.33 bits per heavy atom. The molecule has 0 N–H and O–H groups in total. The fourth-order valence-corrected chi connectivity index (χ4v) is 0. The van der Waals surface area contributed by atoms with E-state index in [0.29, 0.717) is 0 Å². The lowest BCUT2D eigenvalue weighted by Gasteiger charge is -1.87. The van der Waals surface area contributed by atoms with Gasteiger partial charge in [-0.1, -0.05) is 5.11 Å². The van der Waals surface area contributed by atoms with Crippen LogP contribution in [0.3, 0.4) is 0 Å². The minimum absolute atomic E-state index is 1.02. The van der Waals surface area contributed by atoms with Gasteiger partial charge in [-0.2, -0.15) is 0 Å². The van der Waals surface area contributed by atoms with Crippen molar-refractivity contribution >= 4 is 0 Å². The smallest absolute Gasteiger partial charge is 0.147 e. The highest BCUT2D eigenvalue weighted by atomic mass is 19.4. The fraction of sp³-hybridized carbons (Fsp3) is 1.00. The number of hydrogen-bond acceptors (Lipinski definition) is 1. The van der Waals surface area contributed by atoms with Gasteiger partial charge in [0.1, 0.15) is 0 Å². The molecule has 6 heavy (non-hydrogen) atoms. The molecule has 0 aliphatic rings. The van der Waals surface area contributed by atoms with E-state index in [9.17, 15) is 13.2 Å². The van der Waals surface area contributed by atoms with Gasteiger partial charge in [0.2, 0.25) is 0 Å². The van der Waals surface area contributed by atoms with Gasteiger partial charge < -0.3 is 0 Å². The van der Waals surface area contributed by atoms with Crippen LogP contribution < -0.4 is 5.53 Å². The average Bonchev–Trinajstić information content (AvgIpc) is 1.35. The molecular formula is CF3N2. The highest BCUT2D eigenvalue weighted by Gasteiger charge is 2.25. The van der Waals surface area contributed by atoms with Gasteiger partial charge in [0.05, 0.1) is 0 Å². The van der Waals surface area contributed by atoms with Gasteiger partial charge in [-0.15, -0.1) is 13.2 Å². The predicted octanol–water partition coefficient (Wildman–Crippen LogP) is 0.759. The van der Waals surface area contributed by atoms with Crippen LogP contribution in [0.4, 0.5) is 13.2 Å². The number of rotatable bonds is 0. The molecule has 1 radical (unpaired) electrons. The number of halogens is 3. The van der Waals surface area contributed by atoms with Crippen LogP contribution in [0.1, 0.15) is 0 Å². The van der Waals surface area contributed by atoms with Crippen molar-refractivity contribution < 1.29 is 13.2 Å². The molecule has 0 aromatic carbocycles. The van der Waals surface area contributed by atoms with Crippen molar-refractivity contribution in [2.24, 2.45) is 5.11 Å². The lowest BCUT2D eigenvalue weighted by Crippen LogP contribution is -1.99. The molecule has 0 aliphatic heterocycles. The third kappa shape index (κ3) is 3.39. The zero-order valence-electron chi connectivity index (χ0n) is 2.53. The van der Waals surface area contributed by atoms with Crippen LogP contribution in [0, 0.1) is 0 Å². The molecule has 0 amide bonds. The van der Waals surface area contributed by atoms with Crippen LogP contribution in [0.2, 0.25) is 0 Å². The second-order valence-electron chi connectivity index (χ2n) is 0.568. The average molecular weight is 97.0 g/mol. The third-order valence-corrected chi connectivity index (χ3v) is 0.113. The third-order valence-electron chi connectivity index (χ3n) is 0.113. The van der Waals surface area contributed by atoms with Crippen molar-refractivity contribution in [3.05, 3.63) is 0 Å². The first-order valence-corrected chi connectivity index (χ1v) is 0.991. The number of alkyl halides is 3. The molecule has 35 valence electrons. The fourth-order valence-electron chi connectivity index (χ4n) is 0. The van der Waals surface area contributed by atoms with Crippen molar-refractivity contribution in [1.29, 1.82) is 0 Å². The van der Waals surface area contributed by atoms with Crippen LogP contribution in [0.25, 0.3) is 0 Å². The number of nitrogens with zero attached hydrogens (tertiary/aromatic N) is 2. The summed E-state index contributed by atoms with van der Waals surface area (Å²) in [6, 6.07) is 0. The van der Waals surface area contributed by atoms with E-state index in [2.05, 4.69) is 0 Å². The summed E-state index contributed by atoms with van der Waals surface area (Å²) in [5, 5.41) is 1.02. The maximum atomic E-state index is 10.4. The Morgan fingerprint density at radius 2 is 1.50 bits per heavy atom. The molecule has 0 aromatic heterocycles. The molecule has 0 rings (SSSR count). The Balaban J connectivity index is 3.45. The van der Waals surface area contributed by atoms with Crippen LogP contribution in [-0.4, -0.2) is 6.30 Å². The summed E-state index contributed by atoms with van der Waals surface area (Å²) in [6.07, 6.45) is -4.78. The zero-order chi connectivity index (χ0) is 5.21. The predicted molar refractivity (Wildman–Crippen MR) is 10.6 cm³/mol. The number of hydrogen-bond donors (Lipinski definition) is 0. The van der Waals surface area contributed by atoms with Gasteiger partial charge in [0.15, 0.2) is 0 Å². The van der Waals surface area contributed by atoms with E-state index in [1.165, 1.54) is 0 Å². The van der Waals surface area contributed by atoms with E-state index in [4.69, 9.17) is 5.53 Å². The monoisotopic (exact) mass is 97.0 g/mol. The lowest BCUT2D eigenvalue weighted by molar-refractivity contribution is -0.125. The molecule has 0 bridgehead atoms. The molecule has 0 aromatic rings. The van der Waals surface area contributed by atoms with Crippen molar-refractivity contribution in [2.45, 2.75) is 6.30 Å². The molecule has 0 atom stereocenters. The van der Waals surface area contributed by atoms with E-state index in [0.717, 1.165) is 5.11 Å². The summed E-state index contributed by atoms with van der Waals surface area (Å²) in [4.78, 5) is 0. The minimum Gasteiger partial charge on any atom is -0.147 e. The highest BCUT2D eigenvalue weighted by Crippen LogP contribution is 2.13. The quantitative estimate of drug-likeness (QED) is 0.316. The van der Waals surface area contributed by atoms with Gasteiger partial charge in [-0.05, 0) is 5.53 Å². The van der Waals surface area contributed by atoms with Crippen molar-refractivity contribution in [3.8, 4) is 0 Å². The molecule has 0 fully saturated rings. The Hall–Kier alpha value is -0.610. The molecular weight excluding hydrogens is 97.0 g/mol. The van der Waals surface area contributed by atoms with Gasteiger partial charge in [-0.25, -0.2) is 0 Å². The van der Waals surface area contributed by atoms with Gasteiger partial charge in [0, 0.05) is 0 Å². The van der Waals surface area contributed by atoms with Crippen molar-refractivity contribution in [3.63, 3.8) is 0 Å². The summed E-state index contributed by atoms with van der Waals surface area (Å²) in [6.45, 7) is 0. The second-order valence-corrected chi connectivity index (χ2v) is 0.568. The maximum absolute atomic E-state index is 10.4. The first-order chi connectivity index (χ1) is 2.56. The summed E-state index contributed by atoms with van der Waals surface area (Å²) < 4.78 is 31.1. The standard InChI is InChI=1S/CF3N2/c2-1(3,4)6-5. The van der Waals surface area contributed by atoms with Crippen molar-refractivity contribution in [2.75, 3.05) is 0 Å². The normalized spacial score (nSPS) is 11.2. The van der Waals surface area contributed by atoms with E-state index < -0.39 is 6.30 Å². The van der Waals surface area contributed by atoms with Gasteiger partial charge in [-0.3, -0.25) is 0 Å². The highest BCUT2D eigenvalue weighted by molar-refractivity contribution is 4.29. The summed E-state index contributed by atoms with van der Waals surface area (Å²) in [5.74, 6) is 0. The largest absolute Gasteiger partial charge is 0.522 e. The molecule has 0 aliphatic carbocycles. The molecule has 2 nitrogen and oxygen atoms in total. The molecule has 0 heterocycles. The van der Waals surface area contributed by atoms with E-state index in [-0.39, 0.29) is 0 Å². The Morgan fingerprint density at radius 3 is 1.50 bits per heavy atom. The zero-order valence-corrected chi connectivity index (χ0v) is 2.53. The Labute approximate surface area is 31.5 Å². The first-order valence-electron chi connectivity index (χ1n) is 0.991. The first kappa shape index (κ1) is 5.39. The molecule has 0 unspecified atom stereocenters. The van der Waals surface area contributed by atoms with Crippen LogP contribution in [0.5, 0.6) is 0 Å². The summed E-state index contributed by atoms with van der Waals surface area (Å²) in [7, 11) is 0. The summed E-state index contributed by atoms with van der Waals surface area (Å²) in [5.41, 5.74) is 6.90. The molecule has 5 heteroatoms. The molecule has 0 saturated heterocycles. The van der Waals surface area contributed by atoms with Gasteiger partial charge in [0.25, 0.3) is 0 Å². The van der Waals surface area contributed by atoms with Crippen LogP contribution in [0.15, 0.2) is 5.11 Å².